The molecule has 0 saturated heterocycles. The Labute approximate surface area is 107 Å². The van der Waals surface area contributed by atoms with E-state index >= 15 is 0 Å². The number of sulfone groups is 1. The molecule has 0 fully saturated rings. The second-order valence-corrected chi connectivity index (χ2v) is 7.26. The van der Waals surface area contributed by atoms with Gasteiger partial charge in [0.1, 0.15) is 5.60 Å². The van der Waals surface area contributed by atoms with Crippen LogP contribution in [-0.4, -0.2) is 54.2 Å². The third-order valence-electron chi connectivity index (χ3n) is 1.94. The molecular weight excluding hydrogens is 262 g/mol. The molecular formula is C10H21NO6S. The maximum Gasteiger partial charge on any atom is 0.408 e. The van der Waals surface area contributed by atoms with E-state index in [1.807, 2.05) is 0 Å². The van der Waals surface area contributed by atoms with Crippen molar-refractivity contribution < 1.29 is 28.2 Å². The third-order valence-corrected chi connectivity index (χ3v) is 3.68. The highest BCUT2D eigenvalue weighted by molar-refractivity contribution is 7.91. The molecule has 0 aliphatic heterocycles. The largest absolute Gasteiger partial charge is 0.444 e. The van der Waals surface area contributed by atoms with Gasteiger partial charge < -0.3 is 20.3 Å². The first-order chi connectivity index (χ1) is 7.97. The van der Waals surface area contributed by atoms with E-state index in [0.717, 1.165) is 0 Å². The van der Waals surface area contributed by atoms with Crippen molar-refractivity contribution in [2.75, 3.05) is 11.5 Å². The average molecular weight is 283 g/mol. The molecule has 18 heavy (non-hydrogen) atoms. The maximum atomic E-state index is 11.4. The minimum atomic E-state index is -3.44. The Balaban J connectivity index is 4.61. The van der Waals surface area contributed by atoms with Gasteiger partial charge >= 0.3 is 6.09 Å². The molecule has 3 N–H and O–H groups in total. The number of aliphatic hydroxyl groups is 2. The van der Waals surface area contributed by atoms with Crippen LogP contribution in [0.5, 0.6) is 0 Å². The molecule has 0 aromatic rings. The highest BCUT2D eigenvalue weighted by Crippen LogP contribution is 2.07. The Morgan fingerprint density at radius 1 is 1.33 bits per heavy atom. The van der Waals surface area contributed by atoms with E-state index in [4.69, 9.17) is 14.9 Å². The second-order valence-electron chi connectivity index (χ2n) is 4.87. The van der Waals surface area contributed by atoms with E-state index in [2.05, 4.69) is 5.32 Å². The fourth-order valence-corrected chi connectivity index (χ4v) is 2.09. The zero-order valence-corrected chi connectivity index (χ0v) is 11.8. The van der Waals surface area contributed by atoms with Gasteiger partial charge in [0, 0.05) is 5.75 Å². The molecule has 0 rings (SSSR count). The molecule has 108 valence electrons. The molecule has 8 heteroatoms. The van der Waals surface area contributed by atoms with Crippen molar-refractivity contribution in [3.63, 3.8) is 0 Å². The maximum absolute atomic E-state index is 11.4. The summed E-state index contributed by atoms with van der Waals surface area (Å²) in [7, 11) is -3.44. The van der Waals surface area contributed by atoms with Gasteiger partial charge in [0.25, 0.3) is 0 Å². The van der Waals surface area contributed by atoms with E-state index in [9.17, 15) is 13.2 Å². The summed E-state index contributed by atoms with van der Waals surface area (Å²) >= 11 is 0. The molecule has 0 saturated carbocycles. The van der Waals surface area contributed by atoms with Crippen LogP contribution in [0.4, 0.5) is 4.79 Å². The van der Waals surface area contributed by atoms with Crippen LogP contribution in [0.3, 0.4) is 0 Å². The number of alkyl carbamates (subject to hydrolysis) is 1. The Bertz CT molecular complexity index is 370. The number of carbonyl (C=O) groups is 1. The lowest BCUT2D eigenvalue weighted by Gasteiger charge is -2.24. The normalized spacial score (nSPS) is 14.4. The number of rotatable bonds is 5. The van der Waals surface area contributed by atoms with Crippen molar-refractivity contribution in [1.82, 2.24) is 5.32 Å². The third kappa shape index (κ3) is 7.46. The van der Waals surface area contributed by atoms with Crippen molar-refractivity contribution in [3.05, 3.63) is 0 Å². The summed E-state index contributed by atoms with van der Waals surface area (Å²) in [6, 6.07) is -1.32. The highest BCUT2D eigenvalue weighted by atomic mass is 32.2. The van der Waals surface area contributed by atoms with Gasteiger partial charge in [-0.15, -0.1) is 0 Å². The van der Waals surface area contributed by atoms with Crippen LogP contribution < -0.4 is 5.32 Å². The molecule has 7 nitrogen and oxygen atoms in total. The quantitative estimate of drug-likeness (QED) is 0.593. The molecule has 0 aromatic heterocycles. The van der Waals surface area contributed by atoms with E-state index in [1.54, 1.807) is 20.8 Å². The predicted molar refractivity (Wildman–Crippen MR) is 65.7 cm³/mol. The molecule has 0 aliphatic carbocycles. The highest BCUT2D eigenvalue weighted by Gasteiger charge is 2.27. The number of nitrogens with one attached hydrogen (secondary N) is 1. The molecule has 0 spiro atoms. The van der Waals surface area contributed by atoms with Gasteiger partial charge in [-0.05, 0) is 20.8 Å². The number of amides is 1. The summed E-state index contributed by atoms with van der Waals surface area (Å²) in [5, 5.41) is 20.2. The molecule has 0 aliphatic rings. The van der Waals surface area contributed by atoms with E-state index in [0.29, 0.717) is 0 Å². The monoisotopic (exact) mass is 283 g/mol. The fourth-order valence-electron chi connectivity index (χ4n) is 1.05. The van der Waals surface area contributed by atoms with Crippen molar-refractivity contribution in [3.8, 4) is 0 Å². The minimum absolute atomic E-state index is 0.147. The molecule has 1 unspecified atom stereocenters. The van der Waals surface area contributed by atoms with Gasteiger partial charge in [0.2, 0.25) is 0 Å². The topological polar surface area (TPSA) is 113 Å². The standard InChI is InChI=1S/C10H21NO6S/c1-5-18(15,16)6-7(8(12)13)11-9(14)17-10(2,3)4/h7-8,12-13H,5-6H2,1-4H3,(H,11,14). The fraction of sp³-hybridized carbons (Fsp3) is 0.900. The summed E-state index contributed by atoms with van der Waals surface area (Å²) in [5.41, 5.74) is -0.751. The lowest BCUT2D eigenvalue weighted by atomic mass is 10.2. The Kier molecular flexibility index (Phi) is 6.05. The molecule has 0 aromatic carbocycles. The second kappa shape index (κ2) is 6.35. The average Bonchev–Trinajstić information content (AvgIpc) is 2.13. The van der Waals surface area contributed by atoms with Crippen LogP contribution in [0.2, 0.25) is 0 Å². The van der Waals surface area contributed by atoms with Crippen LogP contribution in [0.1, 0.15) is 27.7 Å². The van der Waals surface area contributed by atoms with E-state index in [-0.39, 0.29) is 5.75 Å². The molecule has 1 amide bonds. The van der Waals surface area contributed by atoms with Crippen molar-refractivity contribution in [2.45, 2.75) is 45.6 Å². The lowest BCUT2D eigenvalue weighted by molar-refractivity contribution is -0.0629. The molecule has 0 bridgehead atoms. The molecule has 0 radical (unpaired) electrons. The smallest absolute Gasteiger partial charge is 0.408 e. The predicted octanol–water partition coefficient (Wildman–Crippen LogP) is -0.375. The Hall–Kier alpha value is -0.860. The van der Waals surface area contributed by atoms with Crippen LogP contribution in [0.25, 0.3) is 0 Å². The molecule has 0 heterocycles. The minimum Gasteiger partial charge on any atom is -0.444 e. The van der Waals surface area contributed by atoms with Crippen LogP contribution in [0.15, 0.2) is 0 Å². The van der Waals surface area contributed by atoms with Crippen molar-refractivity contribution in [1.29, 1.82) is 0 Å². The first kappa shape index (κ1) is 17.1. The first-order valence-electron chi connectivity index (χ1n) is 5.53. The van der Waals surface area contributed by atoms with Gasteiger partial charge in [-0.1, -0.05) is 6.92 Å². The van der Waals surface area contributed by atoms with Gasteiger partial charge in [-0.25, -0.2) is 13.2 Å². The number of aliphatic hydroxyl groups excluding tert-OH is 1. The Morgan fingerprint density at radius 3 is 2.17 bits per heavy atom. The van der Waals surface area contributed by atoms with Gasteiger partial charge in [0.05, 0.1) is 11.8 Å². The van der Waals surface area contributed by atoms with Gasteiger partial charge in [0.15, 0.2) is 16.1 Å². The number of ether oxygens (including phenoxy) is 1. The summed E-state index contributed by atoms with van der Waals surface area (Å²) in [6.45, 7) is 6.35. The van der Waals surface area contributed by atoms with Crippen LogP contribution in [-0.2, 0) is 14.6 Å². The first-order valence-corrected chi connectivity index (χ1v) is 7.35. The zero-order valence-electron chi connectivity index (χ0n) is 11.0. The number of hydrogen-bond acceptors (Lipinski definition) is 6. The van der Waals surface area contributed by atoms with Gasteiger partial charge in [-0.2, -0.15) is 0 Å². The summed E-state index contributed by atoms with van der Waals surface area (Å²) < 4.78 is 27.6. The number of carbonyl (C=O) groups excluding carboxylic acids is 1. The van der Waals surface area contributed by atoms with Gasteiger partial charge in [-0.3, -0.25) is 0 Å². The van der Waals surface area contributed by atoms with Crippen LogP contribution >= 0.6 is 0 Å². The molecule has 1 atom stereocenters. The Morgan fingerprint density at radius 2 is 1.83 bits per heavy atom. The van der Waals surface area contributed by atoms with Crippen LogP contribution in [0, 0.1) is 0 Å². The van der Waals surface area contributed by atoms with Crippen molar-refractivity contribution >= 4 is 15.9 Å². The lowest BCUT2D eigenvalue weighted by Crippen LogP contribution is -2.49. The summed E-state index contributed by atoms with van der Waals surface area (Å²) in [6.07, 6.45) is -2.87. The summed E-state index contributed by atoms with van der Waals surface area (Å²) in [5.74, 6) is -0.702. The van der Waals surface area contributed by atoms with Crippen molar-refractivity contribution in [2.24, 2.45) is 0 Å². The van der Waals surface area contributed by atoms with E-state index in [1.165, 1.54) is 6.92 Å². The SMILES string of the molecule is CCS(=O)(=O)CC(NC(=O)OC(C)(C)C)C(O)O. The summed E-state index contributed by atoms with van der Waals surface area (Å²) in [4.78, 5) is 11.4. The number of hydrogen-bond donors (Lipinski definition) is 3. The van der Waals surface area contributed by atoms with E-state index < -0.39 is 39.6 Å². The zero-order chi connectivity index (χ0) is 14.6.